The van der Waals surface area contributed by atoms with E-state index in [4.69, 9.17) is 10.9 Å². The monoisotopic (exact) mass is 199 g/mol. The maximum atomic E-state index is 8.69. The van der Waals surface area contributed by atoms with Gasteiger partial charge >= 0.3 is 0 Å². The highest BCUT2D eigenvalue weighted by molar-refractivity contribution is 5.86. The first-order chi connectivity index (χ1) is 6.53. The predicted octanol–water partition coefficient (Wildman–Crippen LogP) is 1.24. The molecule has 1 aliphatic rings. The van der Waals surface area contributed by atoms with Crippen LogP contribution in [0.15, 0.2) is 5.16 Å². The van der Waals surface area contributed by atoms with Crippen LogP contribution >= 0.6 is 0 Å². The Kier molecular flexibility index (Phi) is 3.37. The van der Waals surface area contributed by atoms with Crippen LogP contribution in [0.2, 0.25) is 0 Å². The Balaban J connectivity index is 2.64. The molecule has 0 aromatic rings. The number of nitrogens with zero attached hydrogens (tertiary/aromatic N) is 2. The lowest BCUT2D eigenvalue weighted by Gasteiger charge is -2.26. The molecule has 2 unspecified atom stereocenters. The molecule has 2 atom stereocenters. The summed E-state index contributed by atoms with van der Waals surface area (Å²) in [4.78, 5) is 2.40. The minimum atomic E-state index is -0.141. The summed E-state index contributed by atoms with van der Waals surface area (Å²) in [6.45, 7) is 8.41. The summed E-state index contributed by atoms with van der Waals surface area (Å²) in [5, 5.41) is 11.8. The lowest BCUT2D eigenvalue weighted by Crippen LogP contribution is -2.39. The molecule has 1 rings (SSSR count). The van der Waals surface area contributed by atoms with Gasteiger partial charge in [0.05, 0.1) is 0 Å². The highest BCUT2D eigenvalue weighted by atomic mass is 16.4. The molecule has 4 nitrogen and oxygen atoms in total. The third-order valence-electron chi connectivity index (χ3n) is 3.44. The van der Waals surface area contributed by atoms with Crippen LogP contribution in [0.4, 0.5) is 0 Å². The Hall–Kier alpha value is -0.770. The van der Waals surface area contributed by atoms with Crippen LogP contribution in [0.1, 0.15) is 33.6 Å². The Morgan fingerprint density at radius 1 is 1.71 bits per heavy atom. The molecule has 1 heterocycles. The SMILES string of the molecule is CCC(C)N1CCC(C)(/C(N)=N/O)C1. The van der Waals surface area contributed by atoms with Gasteiger partial charge in [0, 0.05) is 18.0 Å². The van der Waals surface area contributed by atoms with Gasteiger partial charge in [-0.25, -0.2) is 0 Å². The molecule has 82 valence electrons. The number of likely N-dealkylation sites (tertiary alicyclic amines) is 1. The zero-order valence-corrected chi connectivity index (χ0v) is 9.32. The molecule has 0 spiro atoms. The Bertz CT molecular complexity index is 229. The van der Waals surface area contributed by atoms with Crippen LogP contribution in [0.25, 0.3) is 0 Å². The van der Waals surface area contributed by atoms with Crippen molar-refractivity contribution in [1.82, 2.24) is 4.90 Å². The third kappa shape index (κ3) is 2.00. The van der Waals surface area contributed by atoms with Crippen LogP contribution < -0.4 is 5.73 Å². The van der Waals surface area contributed by atoms with Crippen molar-refractivity contribution in [2.45, 2.75) is 39.7 Å². The van der Waals surface area contributed by atoms with E-state index in [1.54, 1.807) is 0 Å². The standard InChI is InChI=1S/C10H21N3O/c1-4-8(2)13-6-5-10(3,7-13)9(11)12-14/h8,14H,4-7H2,1-3H3,(H2,11,12). The highest BCUT2D eigenvalue weighted by Gasteiger charge is 2.38. The largest absolute Gasteiger partial charge is 0.409 e. The number of oxime groups is 1. The molecule has 0 radical (unpaired) electrons. The molecule has 0 bridgehead atoms. The van der Waals surface area contributed by atoms with Crippen LogP contribution in [0.3, 0.4) is 0 Å². The molecule has 0 saturated carbocycles. The summed E-state index contributed by atoms with van der Waals surface area (Å²) < 4.78 is 0. The molecule has 0 aliphatic carbocycles. The molecule has 4 heteroatoms. The first-order valence-electron chi connectivity index (χ1n) is 5.25. The minimum Gasteiger partial charge on any atom is -0.409 e. The summed E-state index contributed by atoms with van der Waals surface area (Å²) in [5.74, 6) is 0.364. The number of hydrogen-bond acceptors (Lipinski definition) is 3. The zero-order chi connectivity index (χ0) is 10.8. The molecule has 0 aromatic carbocycles. The molecule has 0 aromatic heterocycles. The van der Waals surface area contributed by atoms with Crippen molar-refractivity contribution in [2.75, 3.05) is 13.1 Å². The molecule has 0 amide bonds. The molecule has 3 N–H and O–H groups in total. The van der Waals surface area contributed by atoms with E-state index in [2.05, 4.69) is 30.8 Å². The quantitative estimate of drug-likeness (QED) is 0.311. The zero-order valence-electron chi connectivity index (χ0n) is 9.32. The van der Waals surface area contributed by atoms with Crippen molar-refractivity contribution in [3.05, 3.63) is 0 Å². The van der Waals surface area contributed by atoms with Crippen molar-refractivity contribution in [3.8, 4) is 0 Å². The van der Waals surface area contributed by atoms with E-state index in [1.807, 2.05) is 0 Å². The van der Waals surface area contributed by atoms with E-state index < -0.39 is 0 Å². The van der Waals surface area contributed by atoms with Crippen LogP contribution in [0.5, 0.6) is 0 Å². The summed E-state index contributed by atoms with van der Waals surface area (Å²) in [6, 6.07) is 0.586. The second kappa shape index (κ2) is 4.17. The second-order valence-corrected chi connectivity index (χ2v) is 4.52. The number of amidine groups is 1. The van der Waals surface area contributed by atoms with E-state index in [0.717, 1.165) is 25.9 Å². The molecule has 1 aliphatic heterocycles. The summed E-state index contributed by atoms with van der Waals surface area (Å²) in [5.41, 5.74) is 5.55. The number of hydrogen-bond donors (Lipinski definition) is 2. The molecule has 1 fully saturated rings. The Labute approximate surface area is 85.8 Å². The topological polar surface area (TPSA) is 61.8 Å². The minimum absolute atomic E-state index is 0.141. The van der Waals surface area contributed by atoms with Crippen LogP contribution in [0, 0.1) is 5.41 Å². The Morgan fingerprint density at radius 2 is 2.36 bits per heavy atom. The fourth-order valence-corrected chi connectivity index (χ4v) is 1.96. The molecular formula is C10H21N3O. The molecule has 14 heavy (non-hydrogen) atoms. The van der Waals surface area contributed by atoms with Gasteiger partial charge in [0.15, 0.2) is 0 Å². The van der Waals surface area contributed by atoms with E-state index in [0.29, 0.717) is 11.9 Å². The fraction of sp³-hybridized carbons (Fsp3) is 0.900. The normalized spacial score (nSPS) is 32.1. The summed E-state index contributed by atoms with van der Waals surface area (Å²) in [6.07, 6.45) is 2.12. The van der Waals surface area contributed by atoms with Gasteiger partial charge in [-0.05, 0) is 26.3 Å². The van der Waals surface area contributed by atoms with Gasteiger partial charge in [-0.2, -0.15) is 0 Å². The Morgan fingerprint density at radius 3 is 2.86 bits per heavy atom. The van der Waals surface area contributed by atoms with E-state index in [9.17, 15) is 0 Å². The summed E-state index contributed by atoms with van der Waals surface area (Å²) in [7, 11) is 0. The second-order valence-electron chi connectivity index (χ2n) is 4.52. The van der Waals surface area contributed by atoms with Gasteiger partial charge in [0.2, 0.25) is 0 Å². The van der Waals surface area contributed by atoms with Gasteiger partial charge in [-0.3, -0.25) is 4.90 Å². The average molecular weight is 199 g/mol. The van der Waals surface area contributed by atoms with Crippen LogP contribution in [-0.2, 0) is 0 Å². The highest BCUT2D eigenvalue weighted by Crippen LogP contribution is 2.31. The number of nitrogens with two attached hydrogens (primary N) is 1. The van der Waals surface area contributed by atoms with E-state index in [1.165, 1.54) is 0 Å². The van der Waals surface area contributed by atoms with Gasteiger partial charge < -0.3 is 10.9 Å². The van der Waals surface area contributed by atoms with Crippen molar-refractivity contribution in [2.24, 2.45) is 16.3 Å². The van der Waals surface area contributed by atoms with Gasteiger partial charge in [0.1, 0.15) is 5.84 Å². The predicted molar refractivity (Wildman–Crippen MR) is 57.5 cm³/mol. The van der Waals surface area contributed by atoms with Gasteiger partial charge in [-0.1, -0.05) is 19.0 Å². The van der Waals surface area contributed by atoms with Crippen molar-refractivity contribution < 1.29 is 5.21 Å². The van der Waals surface area contributed by atoms with E-state index >= 15 is 0 Å². The fourth-order valence-electron chi connectivity index (χ4n) is 1.96. The average Bonchev–Trinajstić information content (AvgIpc) is 2.60. The lowest BCUT2D eigenvalue weighted by molar-refractivity contribution is 0.235. The van der Waals surface area contributed by atoms with Crippen molar-refractivity contribution >= 4 is 5.84 Å². The maximum absolute atomic E-state index is 8.69. The van der Waals surface area contributed by atoms with Gasteiger partial charge in [-0.15, -0.1) is 0 Å². The van der Waals surface area contributed by atoms with Crippen molar-refractivity contribution in [1.29, 1.82) is 0 Å². The van der Waals surface area contributed by atoms with Crippen molar-refractivity contribution in [3.63, 3.8) is 0 Å². The molecular weight excluding hydrogens is 178 g/mol. The summed E-state index contributed by atoms with van der Waals surface area (Å²) >= 11 is 0. The van der Waals surface area contributed by atoms with E-state index in [-0.39, 0.29) is 5.41 Å². The first kappa shape index (κ1) is 11.3. The molecule has 1 saturated heterocycles. The van der Waals surface area contributed by atoms with Crippen LogP contribution in [-0.4, -0.2) is 35.1 Å². The smallest absolute Gasteiger partial charge is 0.146 e. The maximum Gasteiger partial charge on any atom is 0.146 e. The number of rotatable bonds is 3. The van der Waals surface area contributed by atoms with Gasteiger partial charge in [0.25, 0.3) is 0 Å². The first-order valence-corrected chi connectivity index (χ1v) is 5.25. The lowest BCUT2D eigenvalue weighted by atomic mass is 9.88. The third-order valence-corrected chi connectivity index (χ3v) is 3.44.